The Bertz CT molecular complexity index is 1690. The first kappa shape index (κ1) is 24.9. The van der Waals surface area contributed by atoms with Crippen molar-refractivity contribution in [1.29, 1.82) is 0 Å². The number of pyridine rings is 1. The molecule has 5 rings (SSSR count). The molecular formula is C27H21F3N6O2. The van der Waals surface area contributed by atoms with Gasteiger partial charge in [-0.05, 0) is 48.4 Å². The lowest BCUT2D eigenvalue weighted by molar-refractivity contribution is -0.137. The molecule has 0 saturated carbocycles. The highest BCUT2D eigenvalue weighted by molar-refractivity contribution is 5.96. The van der Waals surface area contributed by atoms with E-state index in [4.69, 9.17) is 0 Å². The fourth-order valence-electron chi connectivity index (χ4n) is 4.17. The van der Waals surface area contributed by atoms with Crippen molar-refractivity contribution in [3.63, 3.8) is 0 Å². The van der Waals surface area contributed by atoms with Crippen molar-refractivity contribution in [2.45, 2.75) is 19.1 Å². The molecular weight excluding hydrogens is 497 g/mol. The van der Waals surface area contributed by atoms with Crippen LogP contribution < -0.4 is 10.9 Å². The van der Waals surface area contributed by atoms with Crippen molar-refractivity contribution >= 4 is 16.8 Å². The summed E-state index contributed by atoms with van der Waals surface area (Å²) in [6.45, 7) is 0.218. The molecule has 0 aliphatic rings. The van der Waals surface area contributed by atoms with Gasteiger partial charge >= 0.3 is 6.18 Å². The summed E-state index contributed by atoms with van der Waals surface area (Å²) in [7, 11) is 1.26. The average Bonchev–Trinajstić information content (AvgIpc) is 3.46. The molecule has 38 heavy (non-hydrogen) atoms. The van der Waals surface area contributed by atoms with E-state index in [0.717, 1.165) is 39.7 Å². The fraction of sp³-hybridized carbons (Fsp3) is 0.148. The molecule has 0 spiro atoms. The maximum Gasteiger partial charge on any atom is 0.417 e. The van der Waals surface area contributed by atoms with E-state index in [9.17, 15) is 22.8 Å². The third-order valence-corrected chi connectivity index (χ3v) is 6.15. The lowest BCUT2D eigenvalue weighted by atomic mass is 10.0. The summed E-state index contributed by atoms with van der Waals surface area (Å²) in [5.74, 6) is -0.843. The van der Waals surface area contributed by atoms with Crippen LogP contribution in [0.15, 0.2) is 78.0 Å². The molecule has 0 bridgehead atoms. The van der Waals surface area contributed by atoms with Crippen LogP contribution in [0.5, 0.6) is 0 Å². The van der Waals surface area contributed by atoms with Crippen molar-refractivity contribution in [1.82, 2.24) is 30.3 Å². The number of carbonyl (C=O) groups excluding carboxylic acids is 1. The van der Waals surface area contributed by atoms with E-state index in [0.29, 0.717) is 6.42 Å². The van der Waals surface area contributed by atoms with Crippen LogP contribution in [0.25, 0.3) is 33.3 Å². The highest BCUT2D eigenvalue weighted by Gasteiger charge is 2.35. The number of H-pyrrole nitrogens is 1. The van der Waals surface area contributed by atoms with Gasteiger partial charge in [-0.3, -0.25) is 19.7 Å². The summed E-state index contributed by atoms with van der Waals surface area (Å²) in [6, 6.07) is 13.8. The highest BCUT2D eigenvalue weighted by atomic mass is 19.4. The Morgan fingerprint density at radius 2 is 1.84 bits per heavy atom. The number of aromatic nitrogens is 5. The van der Waals surface area contributed by atoms with Crippen LogP contribution in [-0.2, 0) is 19.1 Å². The lowest BCUT2D eigenvalue weighted by Gasteiger charge is -2.14. The largest absolute Gasteiger partial charge is 0.417 e. The molecule has 1 amide bonds. The Morgan fingerprint density at radius 1 is 1.00 bits per heavy atom. The second-order valence-corrected chi connectivity index (χ2v) is 8.61. The molecule has 0 aliphatic heterocycles. The van der Waals surface area contributed by atoms with E-state index in [1.165, 1.54) is 29.9 Å². The summed E-state index contributed by atoms with van der Waals surface area (Å²) in [5, 5.41) is 14.2. The molecule has 0 fully saturated rings. The predicted octanol–water partition coefficient (Wildman–Crippen LogP) is 4.47. The van der Waals surface area contributed by atoms with E-state index in [-0.39, 0.29) is 23.4 Å². The third kappa shape index (κ3) is 5.03. The number of benzene rings is 2. The molecule has 0 radical (unpaired) electrons. The fourth-order valence-corrected chi connectivity index (χ4v) is 4.17. The minimum Gasteiger partial charge on any atom is -0.355 e. The number of hydrogen-bond acceptors (Lipinski definition) is 5. The number of fused-ring (bicyclic) bond motifs is 1. The van der Waals surface area contributed by atoms with Crippen molar-refractivity contribution in [3.8, 4) is 22.4 Å². The van der Waals surface area contributed by atoms with Gasteiger partial charge in [-0.25, -0.2) is 4.68 Å². The summed E-state index contributed by atoms with van der Waals surface area (Å²) in [4.78, 5) is 28.9. The first-order valence-corrected chi connectivity index (χ1v) is 11.6. The molecule has 0 unspecified atom stereocenters. The van der Waals surface area contributed by atoms with Gasteiger partial charge in [0.25, 0.3) is 11.5 Å². The van der Waals surface area contributed by atoms with Crippen LogP contribution in [0.3, 0.4) is 0 Å². The smallest absolute Gasteiger partial charge is 0.355 e. The van der Waals surface area contributed by atoms with Crippen LogP contribution in [-0.4, -0.2) is 37.9 Å². The molecule has 5 aromatic rings. The van der Waals surface area contributed by atoms with Crippen LogP contribution >= 0.6 is 0 Å². The monoisotopic (exact) mass is 518 g/mol. The second-order valence-electron chi connectivity index (χ2n) is 8.61. The van der Waals surface area contributed by atoms with Crippen LogP contribution in [0.1, 0.15) is 21.5 Å². The SMILES string of the molecule is CNC(=O)c1ccc(-c2ccc(=O)n(CCc3ccc4ncc(-c5cn[nH]c5)cc4c3)n2)cc1C(F)(F)F. The van der Waals surface area contributed by atoms with E-state index < -0.39 is 23.2 Å². The molecule has 8 nitrogen and oxygen atoms in total. The lowest BCUT2D eigenvalue weighted by Crippen LogP contribution is -2.24. The molecule has 2 N–H and O–H groups in total. The molecule has 2 aromatic carbocycles. The Balaban J connectivity index is 1.41. The predicted molar refractivity (Wildman–Crippen MR) is 135 cm³/mol. The van der Waals surface area contributed by atoms with Gasteiger partial charge in [0.1, 0.15) is 0 Å². The zero-order valence-electron chi connectivity index (χ0n) is 20.1. The molecule has 11 heteroatoms. The van der Waals surface area contributed by atoms with E-state index in [1.807, 2.05) is 24.3 Å². The number of aryl methyl sites for hydroxylation is 2. The van der Waals surface area contributed by atoms with Crippen LogP contribution in [0, 0.1) is 0 Å². The molecule has 0 atom stereocenters. The maximum atomic E-state index is 13.6. The van der Waals surface area contributed by atoms with Gasteiger partial charge in [-0.15, -0.1) is 0 Å². The topological polar surface area (TPSA) is 106 Å². The average molecular weight is 518 g/mol. The number of nitrogens with zero attached hydrogens (tertiary/aromatic N) is 4. The number of hydrogen-bond donors (Lipinski definition) is 2. The van der Waals surface area contributed by atoms with Gasteiger partial charge in [-0.1, -0.05) is 12.1 Å². The first-order chi connectivity index (χ1) is 18.2. The number of halogens is 3. The van der Waals surface area contributed by atoms with E-state index in [1.54, 1.807) is 18.6 Å². The Morgan fingerprint density at radius 3 is 2.58 bits per heavy atom. The van der Waals surface area contributed by atoms with Gasteiger partial charge in [0.2, 0.25) is 0 Å². The van der Waals surface area contributed by atoms with Gasteiger partial charge in [0.15, 0.2) is 0 Å². The molecule has 3 aromatic heterocycles. The zero-order chi connectivity index (χ0) is 26.9. The highest BCUT2D eigenvalue weighted by Crippen LogP contribution is 2.34. The number of alkyl halides is 3. The number of aromatic amines is 1. The van der Waals surface area contributed by atoms with E-state index in [2.05, 4.69) is 25.6 Å². The van der Waals surface area contributed by atoms with Gasteiger partial charge < -0.3 is 5.32 Å². The molecule has 0 saturated heterocycles. The minimum atomic E-state index is -4.74. The zero-order valence-corrected chi connectivity index (χ0v) is 20.1. The first-order valence-electron chi connectivity index (χ1n) is 11.6. The maximum absolute atomic E-state index is 13.6. The molecule has 192 valence electrons. The van der Waals surface area contributed by atoms with Crippen molar-refractivity contribution in [3.05, 3.63) is 100 Å². The van der Waals surface area contributed by atoms with Crippen molar-refractivity contribution in [2.24, 2.45) is 0 Å². The Hall–Kier alpha value is -4.80. The van der Waals surface area contributed by atoms with E-state index >= 15 is 0 Å². The van der Waals surface area contributed by atoms with Crippen molar-refractivity contribution in [2.75, 3.05) is 7.05 Å². The second kappa shape index (κ2) is 9.92. The van der Waals surface area contributed by atoms with Gasteiger partial charge in [0.05, 0.1) is 28.5 Å². The standard InChI is InChI=1S/C27H21F3N6O2/c1-31-26(38)21-4-3-17(12-22(21)27(28,29)30)24-6-7-25(37)36(35-24)9-8-16-2-5-23-18(10-16)11-19(13-32-23)20-14-33-34-15-20/h2-7,10-15H,8-9H2,1H3,(H,31,38)(H,33,34). The minimum absolute atomic E-state index is 0.141. The molecule has 3 heterocycles. The number of amides is 1. The summed E-state index contributed by atoms with van der Waals surface area (Å²) < 4.78 is 42.2. The number of carbonyl (C=O) groups is 1. The van der Waals surface area contributed by atoms with Crippen molar-refractivity contribution < 1.29 is 18.0 Å². The Kier molecular flexibility index (Phi) is 6.50. The summed E-state index contributed by atoms with van der Waals surface area (Å²) in [5.41, 5.74) is 1.97. The number of rotatable bonds is 6. The molecule has 0 aliphatic carbocycles. The summed E-state index contributed by atoms with van der Waals surface area (Å²) >= 11 is 0. The van der Waals surface area contributed by atoms with Crippen LogP contribution in [0.2, 0.25) is 0 Å². The Labute approximate surface area is 214 Å². The number of nitrogens with one attached hydrogen (secondary N) is 2. The summed E-state index contributed by atoms with van der Waals surface area (Å²) in [6.07, 6.45) is 0.983. The quantitative estimate of drug-likeness (QED) is 0.345. The van der Waals surface area contributed by atoms with Gasteiger partial charge in [0, 0.05) is 54.1 Å². The normalized spacial score (nSPS) is 11.6. The van der Waals surface area contributed by atoms with Gasteiger partial charge in [-0.2, -0.15) is 23.4 Å². The third-order valence-electron chi connectivity index (χ3n) is 6.15. The van der Waals surface area contributed by atoms with Crippen LogP contribution in [0.4, 0.5) is 13.2 Å².